The monoisotopic (exact) mass is 465 g/mol. The van der Waals surface area contributed by atoms with Gasteiger partial charge in [0.1, 0.15) is 6.54 Å². The first-order valence-electron chi connectivity index (χ1n) is 13.0. The lowest BCUT2D eigenvalue weighted by atomic mass is 9.43. The summed E-state index contributed by atoms with van der Waals surface area (Å²) in [5, 5.41) is 44.4. The summed E-state index contributed by atoms with van der Waals surface area (Å²) in [7, 11) is 0. The molecule has 1 amide bonds. The third-order valence-electron chi connectivity index (χ3n) is 10.8. The van der Waals surface area contributed by atoms with Gasteiger partial charge in [-0.2, -0.15) is 0 Å². The molecule has 0 saturated heterocycles. The first kappa shape index (κ1) is 24.9. The summed E-state index contributed by atoms with van der Waals surface area (Å²) in [5.41, 5.74) is -0.214. The molecule has 5 N–H and O–H groups in total. The average molecular weight is 466 g/mol. The minimum atomic E-state index is -1.04. The Morgan fingerprint density at radius 2 is 1.76 bits per heavy atom. The highest BCUT2D eigenvalue weighted by molar-refractivity contribution is 5.81. The third kappa shape index (κ3) is 4.23. The van der Waals surface area contributed by atoms with E-state index in [1.165, 1.54) is 0 Å². The molecule has 4 rings (SSSR count). The van der Waals surface area contributed by atoms with Gasteiger partial charge in [-0.3, -0.25) is 9.59 Å². The molecule has 4 aliphatic rings. The largest absolute Gasteiger partial charge is 0.480 e. The maximum Gasteiger partial charge on any atom is 0.322 e. The van der Waals surface area contributed by atoms with Gasteiger partial charge in [0.15, 0.2) is 0 Å². The average Bonchev–Trinajstić information content (AvgIpc) is 3.11. The van der Waals surface area contributed by atoms with E-state index < -0.39 is 12.1 Å². The van der Waals surface area contributed by atoms with Crippen molar-refractivity contribution >= 4 is 11.9 Å². The Bertz CT molecular complexity index is 759. The normalized spacial score (nSPS) is 47.7. The molecule has 33 heavy (non-hydrogen) atoms. The van der Waals surface area contributed by atoms with Gasteiger partial charge in [0.25, 0.3) is 0 Å². The zero-order valence-electron chi connectivity index (χ0n) is 20.4. The van der Waals surface area contributed by atoms with Crippen molar-refractivity contribution in [1.29, 1.82) is 0 Å². The van der Waals surface area contributed by atoms with Crippen molar-refractivity contribution in [2.45, 2.75) is 96.9 Å². The number of nitrogens with one attached hydrogen (secondary N) is 1. The van der Waals surface area contributed by atoms with E-state index in [1.54, 1.807) is 0 Å². The Morgan fingerprint density at radius 3 is 2.45 bits per heavy atom. The molecule has 0 bridgehead atoms. The van der Waals surface area contributed by atoms with Crippen molar-refractivity contribution < 1.29 is 30.0 Å². The smallest absolute Gasteiger partial charge is 0.322 e. The Morgan fingerprint density at radius 1 is 1.03 bits per heavy atom. The van der Waals surface area contributed by atoms with Crippen LogP contribution in [0.3, 0.4) is 0 Å². The van der Waals surface area contributed by atoms with E-state index in [0.29, 0.717) is 25.2 Å². The van der Waals surface area contributed by atoms with Crippen molar-refractivity contribution in [1.82, 2.24) is 5.32 Å². The van der Waals surface area contributed by atoms with Gasteiger partial charge in [0.2, 0.25) is 5.91 Å². The molecule has 11 atom stereocenters. The van der Waals surface area contributed by atoms with Crippen LogP contribution in [0.5, 0.6) is 0 Å². The van der Waals surface area contributed by atoms with E-state index in [9.17, 15) is 24.9 Å². The summed E-state index contributed by atoms with van der Waals surface area (Å²) in [5.74, 6) is 0.265. The second kappa shape index (κ2) is 9.12. The fourth-order valence-electron chi connectivity index (χ4n) is 8.95. The van der Waals surface area contributed by atoms with Gasteiger partial charge in [0.05, 0.1) is 18.3 Å². The summed E-state index contributed by atoms with van der Waals surface area (Å²) < 4.78 is 0. The number of amides is 1. The number of fused-ring (bicyclic) bond motifs is 5. The molecular weight excluding hydrogens is 422 g/mol. The highest BCUT2D eigenvalue weighted by Gasteiger charge is 2.65. The molecular formula is C26H43NO6. The molecule has 0 aromatic carbocycles. The first-order valence-corrected chi connectivity index (χ1v) is 13.0. The highest BCUT2D eigenvalue weighted by atomic mass is 16.4. The number of carbonyl (C=O) groups is 2. The number of carboxylic acids is 1. The summed E-state index contributed by atoms with van der Waals surface area (Å²) in [6.45, 7) is 6.35. The summed E-state index contributed by atoms with van der Waals surface area (Å²) in [6, 6.07) is 0. The van der Waals surface area contributed by atoms with E-state index >= 15 is 0 Å². The number of aliphatic hydroxyl groups is 3. The quantitative estimate of drug-likeness (QED) is 0.410. The molecule has 0 aliphatic heterocycles. The van der Waals surface area contributed by atoms with Crippen LogP contribution in [0, 0.1) is 46.3 Å². The van der Waals surface area contributed by atoms with E-state index in [4.69, 9.17) is 5.11 Å². The molecule has 7 heteroatoms. The van der Waals surface area contributed by atoms with Crippen LogP contribution in [0.25, 0.3) is 0 Å². The summed E-state index contributed by atoms with van der Waals surface area (Å²) in [4.78, 5) is 22.7. The lowest BCUT2D eigenvalue weighted by Gasteiger charge is -2.63. The van der Waals surface area contributed by atoms with Crippen LogP contribution in [0.1, 0.15) is 78.6 Å². The Kier molecular flexibility index (Phi) is 6.89. The predicted octanol–water partition coefficient (Wildman–Crippen LogP) is 2.56. The lowest BCUT2D eigenvalue weighted by molar-refractivity contribution is -0.207. The van der Waals surface area contributed by atoms with Crippen molar-refractivity contribution in [3.63, 3.8) is 0 Å². The molecule has 0 radical (unpaired) electrons. The standard InChI is InChI=1S/C26H43NO6/c1-14(4-7-22(31)27-13-23(32)33)17-5-6-18-24-19(12-21(30)26(17,18)3)25(2)9-8-16(28)10-15(25)11-20(24)29/h14-21,24,28-30H,4-13H2,1-3H3,(H,27,31)(H,32,33)/t14-,15-,16-,17-,18+,19+,20-,21+,24+,25+,26+/m1/s1. The zero-order valence-corrected chi connectivity index (χ0v) is 20.4. The number of rotatable bonds is 6. The minimum Gasteiger partial charge on any atom is -0.480 e. The van der Waals surface area contributed by atoms with Crippen LogP contribution in [0.4, 0.5) is 0 Å². The minimum absolute atomic E-state index is 0.0668. The van der Waals surface area contributed by atoms with E-state index in [0.717, 1.165) is 38.5 Å². The summed E-state index contributed by atoms with van der Waals surface area (Å²) in [6.07, 6.45) is 5.86. The Balaban J connectivity index is 1.49. The number of carbonyl (C=O) groups excluding carboxylic acids is 1. The second-order valence-corrected chi connectivity index (χ2v) is 12.2. The Labute approximate surface area is 197 Å². The molecule has 188 valence electrons. The van der Waals surface area contributed by atoms with Crippen molar-refractivity contribution in [2.24, 2.45) is 46.3 Å². The predicted molar refractivity (Wildman–Crippen MR) is 123 cm³/mol. The fourth-order valence-corrected chi connectivity index (χ4v) is 8.95. The first-order chi connectivity index (χ1) is 15.5. The number of hydrogen-bond acceptors (Lipinski definition) is 5. The maximum absolute atomic E-state index is 12.0. The second-order valence-electron chi connectivity index (χ2n) is 12.2. The molecule has 4 fully saturated rings. The Hall–Kier alpha value is -1.18. The number of aliphatic carboxylic acids is 1. The van der Waals surface area contributed by atoms with Crippen LogP contribution in [-0.4, -0.2) is 57.2 Å². The van der Waals surface area contributed by atoms with Crippen molar-refractivity contribution in [3.05, 3.63) is 0 Å². The zero-order chi connectivity index (χ0) is 24.1. The van der Waals surface area contributed by atoms with Gasteiger partial charge < -0.3 is 25.7 Å². The van der Waals surface area contributed by atoms with Gasteiger partial charge in [0, 0.05) is 6.42 Å². The van der Waals surface area contributed by atoms with Gasteiger partial charge in [-0.15, -0.1) is 0 Å². The van der Waals surface area contributed by atoms with E-state index in [-0.39, 0.29) is 65.1 Å². The molecule has 0 aromatic rings. The number of hydrogen-bond donors (Lipinski definition) is 5. The van der Waals surface area contributed by atoms with Crippen LogP contribution in [-0.2, 0) is 9.59 Å². The number of aliphatic hydroxyl groups excluding tert-OH is 3. The summed E-state index contributed by atoms with van der Waals surface area (Å²) >= 11 is 0. The van der Waals surface area contributed by atoms with Gasteiger partial charge in [-0.1, -0.05) is 20.8 Å². The van der Waals surface area contributed by atoms with Gasteiger partial charge in [-0.25, -0.2) is 0 Å². The van der Waals surface area contributed by atoms with E-state index in [2.05, 4.69) is 26.1 Å². The lowest BCUT2D eigenvalue weighted by Crippen LogP contribution is -2.62. The van der Waals surface area contributed by atoms with Crippen LogP contribution >= 0.6 is 0 Å². The third-order valence-corrected chi connectivity index (χ3v) is 10.8. The van der Waals surface area contributed by atoms with Gasteiger partial charge in [-0.05, 0) is 97.7 Å². The molecule has 0 aromatic heterocycles. The molecule has 4 saturated carbocycles. The van der Waals surface area contributed by atoms with Crippen molar-refractivity contribution in [2.75, 3.05) is 6.54 Å². The maximum atomic E-state index is 12.0. The van der Waals surface area contributed by atoms with Gasteiger partial charge >= 0.3 is 5.97 Å². The molecule has 0 spiro atoms. The molecule has 4 aliphatic carbocycles. The molecule has 0 heterocycles. The van der Waals surface area contributed by atoms with Crippen LogP contribution in [0.15, 0.2) is 0 Å². The topological polar surface area (TPSA) is 127 Å². The fraction of sp³-hybridized carbons (Fsp3) is 0.923. The number of carboxylic acid groups (broad SMARTS) is 1. The van der Waals surface area contributed by atoms with Crippen LogP contribution < -0.4 is 5.32 Å². The molecule has 0 unspecified atom stereocenters. The van der Waals surface area contributed by atoms with Crippen molar-refractivity contribution in [3.8, 4) is 0 Å². The SMILES string of the molecule is C[C@H](CCC(=O)NCC(=O)O)[C@H]1CC[C@H]2[C@@H]3[C@H](O)C[C@H]4C[C@H](O)CC[C@]4(C)[C@H]3C[C@H](O)[C@@]12C. The molecule has 7 nitrogen and oxygen atoms in total. The highest BCUT2D eigenvalue weighted by Crippen LogP contribution is 2.68. The van der Waals surface area contributed by atoms with Crippen LogP contribution in [0.2, 0.25) is 0 Å². The van der Waals surface area contributed by atoms with E-state index in [1.807, 2.05) is 0 Å².